The number of anilines is 1. The first-order chi connectivity index (χ1) is 7.63. The predicted octanol–water partition coefficient (Wildman–Crippen LogP) is 1.60. The van der Waals surface area contributed by atoms with Gasteiger partial charge in [0, 0.05) is 12.8 Å². The molecule has 1 N–H and O–H groups in total. The highest BCUT2D eigenvalue weighted by Gasteiger charge is 2.30. The first-order valence-corrected chi connectivity index (χ1v) is 7.37. The molecule has 0 saturated carbocycles. The van der Waals surface area contributed by atoms with Gasteiger partial charge in [0.25, 0.3) is 0 Å². The summed E-state index contributed by atoms with van der Waals surface area (Å²) < 4.78 is 27.2. The van der Waals surface area contributed by atoms with E-state index in [0.29, 0.717) is 5.89 Å². The second kappa shape index (κ2) is 4.81. The molecule has 6 nitrogen and oxygen atoms in total. The Kier molecular flexibility index (Phi) is 4.03. The van der Waals surface area contributed by atoms with Crippen molar-refractivity contribution in [3.63, 3.8) is 0 Å². The van der Waals surface area contributed by atoms with Crippen molar-refractivity contribution in [1.29, 1.82) is 0 Å². The van der Waals surface area contributed by atoms with Gasteiger partial charge in [-0.1, -0.05) is 5.10 Å². The van der Waals surface area contributed by atoms with E-state index in [-0.39, 0.29) is 17.9 Å². The maximum absolute atomic E-state index is 11.5. The Bertz CT molecular complexity index is 481. The summed E-state index contributed by atoms with van der Waals surface area (Å²) in [4.78, 5) is 0. The highest BCUT2D eigenvalue weighted by Crippen LogP contribution is 2.20. The maximum Gasteiger partial charge on any atom is 0.315 e. The van der Waals surface area contributed by atoms with E-state index in [0.717, 1.165) is 0 Å². The van der Waals surface area contributed by atoms with Crippen LogP contribution in [0.1, 0.15) is 32.0 Å². The smallest absolute Gasteiger partial charge is 0.315 e. The number of alkyl halides is 1. The van der Waals surface area contributed by atoms with Crippen molar-refractivity contribution in [3.8, 4) is 0 Å². The molecule has 8 heteroatoms. The van der Waals surface area contributed by atoms with Crippen LogP contribution >= 0.6 is 11.6 Å². The summed E-state index contributed by atoms with van der Waals surface area (Å²) in [5, 5.41) is 9.85. The molecule has 0 saturated heterocycles. The topological polar surface area (TPSA) is 85.1 Å². The number of sulfone groups is 1. The molecule has 1 unspecified atom stereocenters. The third-order valence-corrected chi connectivity index (χ3v) is 4.79. The quantitative estimate of drug-likeness (QED) is 0.825. The van der Waals surface area contributed by atoms with Gasteiger partial charge in [-0.3, -0.25) is 0 Å². The summed E-state index contributed by atoms with van der Waals surface area (Å²) in [6.07, 6.45) is 1.19. The Hall–Kier alpha value is -0.820. The Labute approximate surface area is 106 Å². The van der Waals surface area contributed by atoms with Crippen molar-refractivity contribution in [1.82, 2.24) is 10.2 Å². The second-order valence-corrected chi connectivity index (χ2v) is 7.75. The minimum Gasteiger partial charge on any atom is -0.407 e. The van der Waals surface area contributed by atoms with Gasteiger partial charge in [-0.05, 0) is 20.8 Å². The lowest BCUT2D eigenvalue weighted by Crippen LogP contribution is -2.38. The van der Waals surface area contributed by atoms with Crippen molar-refractivity contribution in [2.75, 3.05) is 18.1 Å². The molecule has 1 atom stereocenters. The zero-order valence-electron chi connectivity index (χ0n) is 10.2. The molecule has 0 aromatic carbocycles. The summed E-state index contributed by atoms with van der Waals surface area (Å²) in [5.74, 6) is 0.298. The normalized spacial score (nSPS) is 14.6. The van der Waals surface area contributed by atoms with Crippen LogP contribution in [-0.4, -0.2) is 36.2 Å². The van der Waals surface area contributed by atoms with Gasteiger partial charge in [-0.15, -0.1) is 16.7 Å². The van der Waals surface area contributed by atoms with Crippen LogP contribution < -0.4 is 5.32 Å². The van der Waals surface area contributed by atoms with Gasteiger partial charge in [-0.2, -0.15) is 0 Å². The summed E-state index contributed by atoms with van der Waals surface area (Å²) in [6, 6.07) is 0.171. The molecule has 0 aliphatic carbocycles. The van der Waals surface area contributed by atoms with E-state index in [1.54, 1.807) is 20.8 Å². The van der Waals surface area contributed by atoms with Crippen LogP contribution in [0.15, 0.2) is 4.42 Å². The predicted molar refractivity (Wildman–Crippen MR) is 66.0 cm³/mol. The lowest BCUT2D eigenvalue weighted by molar-refractivity contribution is 0.501. The van der Waals surface area contributed by atoms with Gasteiger partial charge in [0.1, 0.15) is 5.38 Å². The van der Waals surface area contributed by atoms with Crippen LogP contribution in [0.25, 0.3) is 0 Å². The van der Waals surface area contributed by atoms with Gasteiger partial charge in [0.15, 0.2) is 9.84 Å². The molecule has 1 aromatic heterocycles. The minimum atomic E-state index is -3.16. The average Bonchev–Trinajstić information content (AvgIpc) is 2.61. The van der Waals surface area contributed by atoms with Crippen LogP contribution in [-0.2, 0) is 9.84 Å². The molecule has 0 aliphatic heterocycles. The van der Waals surface area contributed by atoms with Crippen LogP contribution in [0.5, 0.6) is 0 Å². The van der Waals surface area contributed by atoms with E-state index in [1.807, 2.05) is 0 Å². The van der Waals surface area contributed by atoms with Crippen LogP contribution in [0.2, 0.25) is 0 Å². The van der Waals surface area contributed by atoms with Gasteiger partial charge in [0.2, 0.25) is 5.89 Å². The fourth-order valence-electron chi connectivity index (χ4n) is 0.886. The minimum absolute atomic E-state index is 0.171. The largest absolute Gasteiger partial charge is 0.407 e. The molecule has 0 amide bonds. The zero-order chi connectivity index (χ0) is 13.3. The molecule has 0 radical (unpaired) electrons. The first kappa shape index (κ1) is 14.2. The van der Waals surface area contributed by atoms with Crippen molar-refractivity contribution in [2.24, 2.45) is 0 Å². The van der Waals surface area contributed by atoms with Gasteiger partial charge in [0.05, 0.1) is 4.75 Å². The standard InChI is InChI=1S/C9H16ClN3O3S/c1-6(10)7-12-13-8(16-7)11-5-9(2,3)17(4,14)15/h6H,5H2,1-4H3,(H,11,13). The molecular formula is C9H16ClN3O3S. The zero-order valence-corrected chi connectivity index (χ0v) is 11.8. The second-order valence-electron chi connectivity index (χ2n) is 4.45. The maximum atomic E-state index is 11.5. The number of nitrogens with zero attached hydrogens (tertiary/aromatic N) is 2. The summed E-state index contributed by atoms with van der Waals surface area (Å²) in [7, 11) is -3.16. The molecular weight excluding hydrogens is 266 g/mol. The van der Waals surface area contributed by atoms with E-state index in [1.165, 1.54) is 6.26 Å². The summed E-state index contributed by atoms with van der Waals surface area (Å²) in [6.45, 7) is 5.14. The first-order valence-electron chi connectivity index (χ1n) is 5.04. The summed E-state index contributed by atoms with van der Waals surface area (Å²) in [5.41, 5.74) is 0. The van der Waals surface area contributed by atoms with Crippen molar-refractivity contribution < 1.29 is 12.8 Å². The average molecular weight is 282 g/mol. The lowest BCUT2D eigenvalue weighted by Gasteiger charge is -2.21. The molecule has 1 rings (SSSR count). The van der Waals surface area contributed by atoms with E-state index in [9.17, 15) is 8.42 Å². The molecule has 0 fully saturated rings. The fourth-order valence-corrected chi connectivity index (χ4v) is 1.31. The highest BCUT2D eigenvalue weighted by molar-refractivity contribution is 7.92. The Morgan fingerprint density at radius 2 is 2.06 bits per heavy atom. The van der Waals surface area contributed by atoms with Gasteiger partial charge in [-0.25, -0.2) is 8.42 Å². The monoisotopic (exact) mass is 281 g/mol. The van der Waals surface area contributed by atoms with E-state index in [2.05, 4.69) is 15.5 Å². The molecule has 1 aromatic rings. The van der Waals surface area contributed by atoms with E-state index < -0.39 is 14.6 Å². The van der Waals surface area contributed by atoms with Crippen molar-refractivity contribution in [3.05, 3.63) is 5.89 Å². The summed E-state index contributed by atoms with van der Waals surface area (Å²) >= 11 is 5.76. The Morgan fingerprint density at radius 1 is 1.47 bits per heavy atom. The molecule has 0 bridgehead atoms. The fraction of sp³-hybridized carbons (Fsp3) is 0.778. The molecule has 1 heterocycles. The van der Waals surface area contributed by atoms with Crippen LogP contribution in [0.4, 0.5) is 6.01 Å². The number of hydrogen-bond donors (Lipinski definition) is 1. The van der Waals surface area contributed by atoms with Gasteiger partial charge < -0.3 is 9.73 Å². The number of aromatic nitrogens is 2. The molecule has 98 valence electrons. The Balaban J connectivity index is 2.68. The molecule has 0 spiro atoms. The lowest BCUT2D eigenvalue weighted by atomic mass is 10.2. The van der Waals surface area contributed by atoms with Gasteiger partial charge >= 0.3 is 6.01 Å². The third-order valence-electron chi connectivity index (χ3n) is 2.45. The van der Waals surface area contributed by atoms with Crippen molar-refractivity contribution >= 4 is 27.5 Å². The molecule has 17 heavy (non-hydrogen) atoms. The number of hydrogen-bond acceptors (Lipinski definition) is 6. The Morgan fingerprint density at radius 3 is 2.47 bits per heavy atom. The van der Waals surface area contributed by atoms with Crippen molar-refractivity contribution in [2.45, 2.75) is 30.9 Å². The number of halogens is 1. The molecule has 0 aliphatic rings. The number of rotatable bonds is 5. The van der Waals surface area contributed by atoms with Crippen LogP contribution in [0, 0.1) is 0 Å². The van der Waals surface area contributed by atoms with Crippen LogP contribution in [0.3, 0.4) is 0 Å². The number of nitrogens with one attached hydrogen (secondary N) is 1. The SMILES string of the molecule is CC(Cl)c1nnc(NCC(C)(C)S(C)(=O)=O)o1. The van der Waals surface area contributed by atoms with E-state index in [4.69, 9.17) is 16.0 Å². The third kappa shape index (κ3) is 3.57. The highest BCUT2D eigenvalue weighted by atomic mass is 35.5. The van der Waals surface area contributed by atoms with E-state index >= 15 is 0 Å².